The van der Waals surface area contributed by atoms with Crippen molar-refractivity contribution in [2.45, 2.75) is 39.2 Å². The molecule has 0 aliphatic heterocycles. The highest BCUT2D eigenvalue weighted by Gasteiger charge is 2.06. The molecule has 3 N–H and O–H groups in total. The standard InChI is InChI=1S/C14H23NO2/c1-10(2)12-5-4-11(3)14(8-12)17-7-6-13(16)9-15/h4-5,8,10,13,16H,6-7,9,15H2,1-3H3. The van der Waals surface area contributed by atoms with Crippen molar-refractivity contribution in [1.82, 2.24) is 0 Å². The number of aryl methyl sites for hydroxylation is 1. The van der Waals surface area contributed by atoms with Gasteiger partial charge >= 0.3 is 0 Å². The molecule has 0 amide bonds. The highest BCUT2D eigenvalue weighted by Crippen LogP contribution is 2.24. The average Bonchev–Trinajstić information content (AvgIpc) is 2.30. The molecule has 0 heterocycles. The van der Waals surface area contributed by atoms with Crippen molar-refractivity contribution in [1.29, 1.82) is 0 Å². The van der Waals surface area contributed by atoms with Crippen LogP contribution in [0.25, 0.3) is 0 Å². The third kappa shape index (κ3) is 4.36. The van der Waals surface area contributed by atoms with Crippen LogP contribution in [-0.2, 0) is 0 Å². The first-order valence-electron chi connectivity index (χ1n) is 6.16. The fraction of sp³-hybridized carbons (Fsp3) is 0.571. The third-order valence-corrected chi connectivity index (χ3v) is 2.86. The zero-order valence-electron chi connectivity index (χ0n) is 10.9. The average molecular weight is 237 g/mol. The van der Waals surface area contributed by atoms with Gasteiger partial charge in [0.15, 0.2) is 0 Å². The van der Waals surface area contributed by atoms with Crippen LogP contribution in [0.1, 0.15) is 37.3 Å². The fourth-order valence-electron chi connectivity index (χ4n) is 1.55. The highest BCUT2D eigenvalue weighted by molar-refractivity contribution is 5.37. The maximum atomic E-state index is 9.34. The number of aliphatic hydroxyl groups excluding tert-OH is 1. The molecule has 1 rings (SSSR count). The summed E-state index contributed by atoms with van der Waals surface area (Å²) < 4.78 is 5.68. The van der Waals surface area contributed by atoms with Gasteiger partial charge in [-0.2, -0.15) is 0 Å². The molecule has 96 valence electrons. The Labute approximate surface area is 104 Å². The van der Waals surface area contributed by atoms with Gasteiger partial charge in [0.25, 0.3) is 0 Å². The number of rotatable bonds is 6. The molecule has 0 aliphatic carbocycles. The van der Waals surface area contributed by atoms with Gasteiger partial charge in [-0.25, -0.2) is 0 Å². The molecule has 0 aromatic heterocycles. The van der Waals surface area contributed by atoms with E-state index in [0.717, 1.165) is 11.3 Å². The third-order valence-electron chi connectivity index (χ3n) is 2.86. The lowest BCUT2D eigenvalue weighted by molar-refractivity contribution is 0.146. The summed E-state index contributed by atoms with van der Waals surface area (Å²) in [6.45, 7) is 7.13. The van der Waals surface area contributed by atoms with Gasteiger partial charge in [0.1, 0.15) is 5.75 Å². The Morgan fingerprint density at radius 3 is 2.65 bits per heavy atom. The summed E-state index contributed by atoms with van der Waals surface area (Å²) in [7, 11) is 0. The lowest BCUT2D eigenvalue weighted by atomic mass is 10.0. The molecule has 0 saturated heterocycles. The van der Waals surface area contributed by atoms with Crippen molar-refractivity contribution >= 4 is 0 Å². The van der Waals surface area contributed by atoms with Crippen molar-refractivity contribution in [3.8, 4) is 5.75 Å². The van der Waals surface area contributed by atoms with Crippen LogP contribution < -0.4 is 10.5 Å². The van der Waals surface area contributed by atoms with E-state index in [2.05, 4.69) is 32.0 Å². The summed E-state index contributed by atoms with van der Waals surface area (Å²) in [4.78, 5) is 0. The molecular formula is C14H23NO2. The Bertz CT molecular complexity index is 350. The molecule has 0 saturated carbocycles. The molecule has 1 aromatic rings. The summed E-state index contributed by atoms with van der Waals surface area (Å²) >= 11 is 0. The first kappa shape index (κ1) is 14.0. The quantitative estimate of drug-likeness (QED) is 0.797. The largest absolute Gasteiger partial charge is 0.493 e. The van der Waals surface area contributed by atoms with E-state index in [-0.39, 0.29) is 6.54 Å². The van der Waals surface area contributed by atoms with Crippen molar-refractivity contribution in [3.63, 3.8) is 0 Å². The van der Waals surface area contributed by atoms with Crippen LogP contribution in [0, 0.1) is 6.92 Å². The minimum atomic E-state index is -0.469. The normalized spacial score (nSPS) is 12.8. The van der Waals surface area contributed by atoms with Crippen molar-refractivity contribution in [2.24, 2.45) is 5.73 Å². The lowest BCUT2D eigenvalue weighted by Crippen LogP contribution is -2.22. The van der Waals surface area contributed by atoms with Gasteiger partial charge in [0.2, 0.25) is 0 Å². The van der Waals surface area contributed by atoms with Gasteiger partial charge in [-0.15, -0.1) is 0 Å². The van der Waals surface area contributed by atoms with Crippen LogP contribution in [-0.4, -0.2) is 24.4 Å². The van der Waals surface area contributed by atoms with Crippen LogP contribution in [0.5, 0.6) is 5.75 Å². The van der Waals surface area contributed by atoms with E-state index < -0.39 is 6.10 Å². The zero-order chi connectivity index (χ0) is 12.8. The number of ether oxygens (including phenoxy) is 1. The van der Waals surface area contributed by atoms with Crippen LogP contribution in [0.2, 0.25) is 0 Å². The Balaban J connectivity index is 2.60. The van der Waals surface area contributed by atoms with Crippen LogP contribution in [0.15, 0.2) is 18.2 Å². The molecular weight excluding hydrogens is 214 g/mol. The highest BCUT2D eigenvalue weighted by atomic mass is 16.5. The molecule has 0 fully saturated rings. The Hall–Kier alpha value is -1.06. The summed E-state index contributed by atoms with van der Waals surface area (Å²) in [5.74, 6) is 1.40. The van der Waals surface area contributed by atoms with E-state index in [1.165, 1.54) is 5.56 Å². The van der Waals surface area contributed by atoms with Gasteiger partial charge in [0, 0.05) is 13.0 Å². The van der Waals surface area contributed by atoms with Crippen LogP contribution in [0.3, 0.4) is 0 Å². The van der Waals surface area contributed by atoms with Crippen molar-refractivity contribution in [2.75, 3.05) is 13.2 Å². The Kier molecular flexibility index (Phi) is 5.45. The van der Waals surface area contributed by atoms with Crippen LogP contribution >= 0.6 is 0 Å². The molecule has 1 aromatic carbocycles. The molecule has 1 atom stereocenters. The van der Waals surface area contributed by atoms with Gasteiger partial charge in [-0.3, -0.25) is 0 Å². The molecule has 1 unspecified atom stereocenters. The van der Waals surface area contributed by atoms with E-state index in [1.807, 2.05) is 6.92 Å². The maximum Gasteiger partial charge on any atom is 0.122 e. The summed E-state index contributed by atoms with van der Waals surface area (Å²) in [6, 6.07) is 6.28. The second-order valence-corrected chi connectivity index (χ2v) is 4.71. The minimum Gasteiger partial charge on any atom is -0.493 e. The molecule has 0 spiro atoms. The maximum absolute atomic E-state index is 9.34. The van der Waals surface area contributed by atoms with Gasteiger partial charge in [-0.05, 0) is 30.0 Å². The first-order chi connectivity index (χ1) is 8.04. The number of hydrogen-bond acceptors (Lipinski definition) is 3. The first-order valence-corrected chi connectivity index (χ1v) is 6.16. The van der Waals surface area contributed by atoms with E-state index >= 15 is 0 Å². The molecule has 3 heteroatoms. The Morgan fingerprint density at radius 1 is 1.35 bits per heavy atom. The lowest BCUT2D eigenvalue weighted by Gasteiger charge is -2.14. The summed E-state index contributed by atoms with van der Waals surface area (Å²) in [5.41, 5.74) is 7.73. The summed E-state index contributed by atoms with van der Waals surface area (Å²) in [6.07, 6.45) is 0.102. The topological polar surface area (TPSA) is 55.5 Å². The van der Waals surface area contributed by atoms with E-state index in [1.54, 1.807) is 0 Å². The molecule has 17 heavy (non-hydrogen) atoms. The molecule has 0 radical (unpaired) electrons. The number of nitrogens with two attached hydrogens (primary N) is 1. The summed E-state index contributed by atoms with van der Waals surface area (Å²) in [5, 5.41) is 9.34. The smallest absolute Gasteiger partial charge is 0.122 e. The van der Waals surface area contributed by atoms with Gasteiger partial charge in [-0.1, -0.05) is 26.0 Å². The van der Waals surface area contributed by atoms with Gasteiger partial charge < -0.3 is 15.6 Å². The predicted molar refractivity (Wildman–Crippen MR) is 70.4 cm³/mol. The molecule has 0 bridgehead atoms. The zero-order valence-corrected chi connectivity index (χ0v) is 10.9. The van der Waals surface area contributed by atoms with Crippen molar-refractivity contribution in [3.05, 3.63) is 29.3 Å². The van der Waals surface area contributed by atoms with E-state index in [0.29, 0.717) is 18.9 Å². The van der Waals surface area contributed by atoms with E-state index in [9.17, 15) is 5.11 Å². The Morgan fingerprint density at radius 2 is 2.06 bits per heavy atom. The van der Waals surface area contributed by atoms with Crippen LogP contribution in [0.4, 0.5) is 0 Å². The number of hydrogen-bond donors (Lipinski definition) is 2. The number of benzene rings is 1. The van der Waals surface area contributed by atoms with E-state index in [4.69, 9.17) is 10.5 Å². The molecule has 3 nitrogen and oxygen atoms in total. The van der Waals surface area contributed by atoms with Crippen molar-refractivity contribution < 1.29 is 9.84 Å². The second-order valence-electron chi connectivity index (χ2n) is 4.71. The van der Waals surface area contributed by atoms with Gasteiger partial charge in [0.05, 0.1) is 12.7 Å². The molecule has 0 aliphatic rings. The SMILES string of the molecule is Cc1ccc(C(C)C)cc1OCCC(O)CN. The monoisotopic (exact) mass is 237 g/mol. The predicted octanol–water partition coefficient (Wildman–Crippen LogP) is 2.21. The second kappa shape index (κ2) is 6.62. The number of aliphatic hydroxyl groups is 1. The fourth-order valence-corrected chi connectivity index (χ4v) is 1.55. The minimum absolute atomic E-state index is 0.286.